The number of morpholine rings is 1. The van der Waals surface area contributed by atoms with Crippen molar-refractivity contribution < 1.29 is 4.74 Å². The minimum Gasteiger partial charge on any atom is -0.378 e. The van der Waals surface area contributed by atoms with Crippen LogP contribution >= 0.6 is 11.6 Å². The van der Waals surface area contributed by atoms with Gasteiger partial charge in [-0.05, 0) is 0 Å². The summed E-state index contributed by atoms with van der Waals surface area (Å²) in [5, 5.41) is 4.30. The standard InChI is InChI=1S/C9H12ClN3O2/c1-12-8(14)6-7(9(10)11-12)13-2-4-15-5-3-13/h6H,2-5H2,1H3. The summed E-state index contributed by atoms with van der Waals surface area (Å²) in [4.78, 5) is 13.4. The summed E-state index contributed by atoms with van der Waals surface area (Å²) in [7, 11) is 1.58. The molecule has 0 atom stereocenters. The molecule has 0 saturated carbocycles. The molecule has 1 aromatic rings. The Morgan fingerprint density at radius 3 is 2.80 bits per heavy atom. The van der Waals surface area contributed by atoms with Gasteiger partial charge in [0.05, 0.1) is 18.9 Å². The lowest BCUT2D eigenvalue weighted by atomic mass is 10.3. The van der Waals surface area contributed by atoms with Crippen LogP contribution in [-0.2, 0) is 11.8 Å². The molecule has 2 heterocycles. The van der Waals surface area contributed by atoms with E-state index >= 15 is 0 Å². The van der Waals surface area contributed by atoms with Crippen LogP contribution in [0.4, 0.5) is 5.69 Å². The van der Waals surface area contributed by atoms with Crippen LogP contribution < -0.4 is 10.5 Å². The van der Waals surface area contributed by atoms with Gasteiger partial charge < -0.3 is 9.64 Å². The number of aryl methyl sites for hydroxylation is 1. The van der Waals surface area contributed by atoms with E-state index in [2.05, 4.69) is 5.10 Å². The molecule has 82 valence electrons. The second kappa shape index (κ2) is 4.20. The van der Waals surface area contributed by atoms with Gasteiger partial charge in [-0.1, -0.05) is 11.6 Å². The molecule has 0 amide bonds. The van der Waals surface area contributed by atoms with E-state index in [0.29, 0.717) is 24.1 Å². The molecule has 15 heavy (non-hydrogen) atoms. The molecule has 6 heteroatoms. The molecule has 0 radical (unpaired) electrons. The average Bonchev–Trinajstić information content (AvgIpc) is 2.25. The smallest absolute Gasteiger partial charge is 0.268 e. The van der Waals surface area contributed by atoms with E-state index in [1.807, 2.05) is 4.90 Å². The van der Waals surface area contributed by atoms with Crippen molar-refractivity contribution in [2.45, 2.75) is 0 Å². The average molecular weight is 230 g/mol. The van der Waals surface area contributed by atoms with Crippen LogP contribution in [0.1, 0.15) is 0 Å². The van der Waals surface area contributed by atoms with E-state index in [-0.39, 0.29) is 5.56 Å². The van der Waals surface area contributed by atoms with Gasteiger partial charge in [0.2, 0.25) is 0 Å². The van der Waals surface area contributed by atoms with Gasteiger partial charge in [0.25, 0.3) is 5.56 Å². The first kappa shape index (κ1) is 10.4. The Bertz CT molecular complexity index is 412. The number of nitrogens with zero attached hydrogens (tertiary/aromatic N) is 3. The fraction of sp³-hybridized carbons (Fsp3) is 0.556. The second-order valence-corrected chi connectivity index (χ2v) is 3.74. The first-order valence-corrected chi connectivity index (χ1v) is 5.13. The lowest BCUT2D eigenvalue weighted by Crippen LogP contribution is -2.37. The maximum atomic E-state index is 11.4. The maximum absolute atomic E-state index is 11.4. The molecule has 1 aliphatic heterocycles. The number of aromatic nitrogens is 2. The van der Waals surface area contributed by atoms with Crippen molar-refractivity contribution >= 4 is 17.3 Å². The van der Waals surface area contributed by atoms with Crippen LogP contribution in [0.25, 0.3) is 0 Å². The molecule has 1 aliphatic rings. The van der Waals surface area contributed by atoms with Gasteiger partial charge >= 0.3 is 0 Å². The molecule has 0 unspecified atom stereocenters. The van der Waals surface area contributed by atoms with Gasteiger partial charge in [-0.25, -0.2) is 4.68 Å². The highest BCUT2D eigenvalue weighted by Gasteiger charge is 2.16. The predicted molar refractivity (Wildman–Crippen MR) is 57.5 cm³/mol. The number of halogens is 1. The van der Waals surface area contributed by atoms with E-state index in [1.165, 1.54) is 10.7 Å². The topological polar surface area (TPSA) is 47.4 Å². The molecule has 0 N–H and O–H groups in total. The van der Waals surface area contributed by atoms with Crippen LogP contribution in [0.5, 0.6) is 0 Å². The monoisotopic (exact) mass is 229 g/mol. The first-order valence-electron chi connectivity index (χ1n) is 4.75. The number of hydrogen-bond acceptors (Lipinski definition) is 4. The maximum Gasteiger partial charge on any atom is 0.268 e. The van der Waals surface area contributed by atoms with Crippen molar-refractivity contribution in [1.29, 1.82) is 0 Å². The molecule has 1 aromatic heterocycles. The Balaban J connectivity index is 2.34. The molecule has 1 fully saturated rings. The molecule has 0 spiro atoms. The van der Waals surface area contributed by atoms with Crippen molar-refractivity contribution in [3.8, 4) is 0 Å². The number of hydrogen-bond donors (Lipinski definition) is 0. The molecule has 0 aliphatic carbocycles. The lowest BCUT2D eigenvalue weighted by molar-refractivity contribution is 0.122. The second-order valence-electron chi connectivity index (χ2n) is 3.38. The van der Waals surface area contributed by atoms with Crippen molar-refractivity contribution in [2.75, 3.05) is 31.2 Å². The van der Waals surface area contributed by atoms with Gasteiger partial charge in [0, 0.05) is 26.2 Å². The van der Waals surface area contributed by atoms with Crippen LogP contribution in [0, 0.1) is 0 Å². The number of rotatable bonds is 1. The Hall–Kier alpha value is -1.07. The van der Waals surface area contributed by atoms with Gasteiger partial charge in [-0.3, -0.25) is 4.79 Å². The normalized spacial score (nSPS) is 16.8. The Morgan fingerprint density at radius 2 is 2.13 bits per heavy atom. The van der Waals surface area contributed by atoms with Crippen LogP contribution in [0.3, 0.4) is 0 Å². The van der Waals surface area contributed by atoms with Gasteiger partial charge in [0.15, 0.2) is 5.15 Å². The zero-order chi connectivity index (χ0) is 10.8. The van der Waals surface area contributed by atoms with E-state index in [9.17, 15) is 4.79 Å². The number of ether oxygens (including phenoxy) is 1. The van der Waals surface area contributed by atoms with Crippen LogP contribution in [0.15, 0.2) is 10.9 Å². The van der Waals surface area contributed by atoms with Crippen molar-refractivity contribution in [3.63, 3.8) is 0 Å². The molecule has 5 nitrogen and oxygen atoms in total. The zero-order valence-corrected chi connectivity index (χ0v) is 9.20. The highest BCUT2D eigenvalue weighted by molar-refractivity contribution is 6.31. The van der Waals surface area contributed by atoms with Crippen LogP contribution in [0.2, 0.25) is 5.15 Å². The summed E-state index contributed by atoms with van der Waals surface area (Å²) in [5.41, 5.74) is 0.545. The van der Waals surface area contributed by atoms with Crippen molar-refractivity contribution in [2.24, 2.45) is 7.05 Å². The van der Waals surface area contributed by atoms with E-state index in [4.69, 9.17) is 16.3 Å². The molecular weight excluding hydrogens is 218 g/mol. The highest BCUT2D eigenvalue weighted by atomic mass is 35.5. The summed E-state index contributed by atoms with van der Waals surface area (Å²) in [6, 6.07) is 1.51. The Kier molecular flexibility index (Phi) is 2.93. The zero-order valence-electron chi connectivity index (χ0n) is 8.44. The third-order valence-electron chi connectivity index (χ3n) is 2.38. The summed E-state index contributed by atoms with van der Waals surface area (Å²) in [6.45, 7) is 2.81. The van der Waals surface area contributed by atoms with Crippen molar-refractivity contribution in [3.05, 3.63) is 21.6 Å². The molecule has 0 aromatic carbocycles. The fourth-order valence-electron chi connectivity index (χ4n) is 1.53. The highest BCUT2D eigenvalue weighted by Crippen LogP contribution is 2.21. The molecular formula is C9H12ClN3O2. The molecule has 1 saturated heterocycles. The summed E-state index contributed by atoms with van der Waals surface area (Å²) >= 11 is 5.98. The van der Waals surface area contributed by atoms with E-state index < -0.39 is 0 Å². The SMILES string of the molecule is Cn1nc(Cl)c(N2CCOCC2)cc1=O. The third kappa shape index (κ3) is 2.13. The fourth-order valence-corrected chi connectivity index (χ4v) is 1.82. The van der Waals surface area contributed by atoms with Crippen LogP contribution in [-0.4, -0.2) is 36.1 Å². The number of anilines is 1. The predicted octanol–water partition coefficient (Wildman–Crippen LogP) is 0.270. The summed E-state index contributed by atoms with van der Waals surface area (Å²) < 4.78 is 6.45. The minimum absolute atomic E-state index is 0.152. The Labute approximate surface area is 92.2 Å². The van der Waals surface area contributed by atoms with E-state index in [1.54, 1.807) is 7.05 Å². The van der Waals surface area contributed by atoms with Gasteiger partial charge in [0.1, 0.15) is 0 Å². The van der Waals surface area contributed by atoms with Gasteiger partial charge in [-0.2, -0.15) is 5.10 Å². The van der Waals surface area contributed by atoms with Crippen molar-refractivity contribution in [1.82, 2.24) is 9.78 Å². The molecule has 0 bridgehead atoms. The van der Waals surface area contributed by atoms with E-state index in [0.717, 1.165) is 13.1 Å². The molecule has 2 rings (SSSR count). The first-order chi connectivity index (χ1) is 7.18. The largest absolute Gasteiger partial charge is 0.378 e. The lowest BCUT2D eigenvalue weighted by Gasteiger charge is -2.28. The summed E-state index contributed by atoms with van der Waals surface area (Å²) in [5.74, 6) is 0. The minimum atomic E-state index is -0.152. The Morgan fingerprint density at radius 1 is 1.47 bits per heavy atom. The third-order valence-corrected chi connectivity index (χ3v) is 2.65. The summed E-state index contributed by atoms with van der Waals surface area (Å²) in [6.07, 6.45) is 0. The quantitative estimate of drug-likeness (QED) is 0.694. The van der Waals surface area contributed by atoms with Gasteiger partial charge in [-0.15, -0.1) is 0 Å².